The van der Waals surface area contributed by atoms with Gasteiger partial charge in [-0.3, -0.25) is 9.69 Å². The van der Waals surface area contributed by atoms with Crippen molar-refractivity contribution in [1.82, 2.24) is 9.80 Å². The van der Waals surface area contributed by atoms with Gasteiger partial charge in [0.05, 0.1) is 6.42 Å². The number of nitrogens with zero attached hydrogens (tertiary/aromatic N) is 2. The van der Waals surface area contributed by atoms with Crippen molar-refractivity contribution in [3.05, 3.63) is 57.8 Å². The zero-order chi connectivity index (χ0) is 15.4. The van der Waals surface area contributed by atoms with Crippen LogP contribution in [0.3, 0.4) is 0 Å². The molecule has 1 aromatic heterocycles. The molecule has 116 valence electrons. The van der Waals surface area contributed by atoms with Gasteiger partial charge in [-0.2, -0.15) is 0 Å². The Balaban J connectivity index is 1.49. The van der Waals surface area contributed by atoms with Crippen LogP contribution in [0.2, 0.25) is 0 Å². The molecule has 1 aliphatic rings. The van der Waals surface area contributed by atoms with Crippen molar-refractivity contribution in [3.8, 4) is 0 Å². The summed E-state index contributed by atoms with van der Waals surface area (Å²) in [5, 5.41) is 2.03. The molecule has 1 aromatic carbocycles. The molecule has 4 heteroatoms. The monoisotopic (exact) mass is 314 g/mol. The summed E-state index contributed by atoms with van der Waals surface area (Å²) in [6, 6.07) is 12.7. The third kappa shape index (κ3) is 3.96. The molecule has 22 heavy (non-hydrogen) atoms. The van der Waals surface area contributed by atoms with Crippen molar-refractivity contribution in [3.63, 3.8) is 0 Å². The summed E-state index contributed by atoms with van der Waals surface area (Å²) in [6.07, 6.45) is 0.551. The quantitative estimate of drug-likeness (QED) is 0.866. The first-order valence-corrected chi connectivity index (χ1v) is 8.67. The lowest BCUT2D eigenvalue weighted by atomic mass is 10.1. The number of hydrogen-bond donors (Lipinski definition) is 0. The standard InChI is InChI=1S/C18H22N2OS/c1-15-4-2-5-16(12-15)14-19-7-9-20(10-8-19)18(21)13-17-6-3-11-22-17/h2-6,11-12H,7-10,13-14H2,1H3. The highest BCUT2D eigenvalue weighted by Crippen LogP contribution is 2.13. The van der Waals surface area contributed by atoms with E-state index in [1.54, 1.807) is 11.3 Å². The van der Waals surface area contributed by atoms with Crippen LogP contribution < -0.4 is 0 Å². The number of carbonyl (C=O) groups excluding carboxylic acids is 1. The molecule has 0 N–H and O–H groups in total. The van der Waals surface area contributed by atoms with Gasteiger partial charge in [0.25, 0.3) is 0 Å². The van der Waals surface area contributed by atoms with Gasteiger partial charge in [0, 0.05) is 37.6 Å². The predicted octanol–water partition coefficient (Wildman–Crippen LogP) is 2.94. The third-order valence-electron chi connectivity index (χ3n) is 4.12. The molecule has 2 heterocycles. The first-order chi connectivity index (χ1) is 10.7. The molecule has 1 saturated heterocycles. The van der Waals surface area contributed by atoms with Crippen molar-refractivity contribution in [2.75, 3.05) is 26.2 Å². The van der Waals surface area contributed by atoms with Crippen molar-refractivity contribution < 1.29 is 4.79 Å². The van der Waals surface area contributed by atoms with E-state index >= 15 is 0 Å². The summed E-state index contributed by atoms with van der Waals surface area (Å²) in [5.41, 5.74) is 2.67. The van der Waals surface area contributed by atoms with E-state index in [1.165, 1.54) is 11.1 Å². The fraction of sp³-hybridized carbons (Fsp3) is 0.389. The second-order valence-electron chi connectivity index (χ2n) is 5.90. The van der Waals surface area contributed by atoms with Gasteiger partial charge >= 0.3 is 0 Å². The van der Waals surface area contributed by atoms with Crippen molar-refractivity contribution in [1.29, 1.82) is 0 Å². The second-order valence-corrected chi connectivity index (χ2v) is 6.93. The van der Waals surface area contributed by atoms with Crippen LogP contribution in [0.1, 0.15) is 16.0 Å². The molecule has 1 fully saturated rings. The normalized spacial score (nSPS) is 16.0. The Kier molecular flexibility index (Phi) is 4.90. The minimum absolute atomic E-state index is 0.262. The van der Waals surface area contributed by atoms with Crippen LogP contribution >= 0.6 is 11.3 Å². The lowest BCUT2D eigenvalue weighted by Gasteiger charge is -2.34. The summed E-state index contributed by atoms with van der Waals surface area (Å²) in [7, 11) is 0. The number of rotatable bonds is 4. The first kappa shape index (κ1) is 15.3. The topological polar surface area (TPSA) is 23.6 Å². The summed E-state index contributed by atoms with van der Waals surface area (Å²) in [6.45, 7) is 6.72. The zero-order valence-electron chi connectivity index (χ0n) is 13.0. The average Bonchev–Trinajstić information content (AvgIpc) is 3.01. The van der Waals surface area contributed by atoms with E-state index < -0.39 is 0 Å². The molecule has 0 atom stereocenters. The molecule has 0 saturated carbocycles. The lowest BCUT2D eigenvalue weighted by Crippen LogP contribution is -2.48. The molecule has 2 aromatic rings. The zero-order valence-corrected chi connectivity index (χ0v) is 13.8. The van der Waals surface area contributed by atoms with Gasteiger partial charge in [-0.25, -0.2) is 0 Å². The predicted molar refractivity (Wildman–Crippen MR) is 91.1 cm³/mol. The van der Waals surface area contributed by atoms with E-state index in [0.29, 0.717) is 6.42 Å². The minimum Gasteiger partial charge on any atom is -0.340 e. The van der Waals surface area contributed by atoms with Crippen LogP contribution in [0.4, 0.5) is 0 Å². The van der Waals surface area contributed by atoms with E-state index in [4.69, 9.17) is 0 Å². The molecule has 0 spiro atoms. The summed E-state index contributed by atoms with van der Waals surface area (Å²) in [5.74, 6) is 0.262. The van der Waals surface area contributed by atoms with Gasteiger partial charge in [0.1, 0.15) is 0 Å². The van der Waals surface area contributed by atoms with E-state index in [2.05, 4.69) is 36.1 Å². The minimum atomic E-state index is 0.262. The number of carbonyl (C=O) groups is 1. The van der Waals surface area contributed by atoms with Gasteiger partial charge in [-0.1, -0.05) is 35.9 Å². The molecular formula is C18H22N2OS. The van der Waals surface area contributed by atoms with E-state index in [1.807, 2.05) is 22.4 Å². The number of amides is 1. The molecule has 0 bridgehead atoms. The maximum atomic E-state index is 12.3. The third-order valence-corrected chi connectivity index (χ3v) is 5.00. The van der Waals surface area contributed by atoms with Crippen LogP contribution in [0.5, 0.6) is 0 Å². The molecule has 3 nitrogen and oxygen atoms in total. The Morgan fingerprint density at radius 1 is 1.14 bits per heavy atom. The Morgan fingerprint density at radius 2 is 1.95 bits per heavy atom. The summed E-state index contributed by atoms with van der Waals surface area (Å²) >= 11 is 1.66. The van der Waals surface area contributed by atoms with Crippen molar-refractivity contribution in [2.24, 2.45) is 0 Å². The number of aryl methyl sites for hydroxylation is 1. The number of benzene rings is 1. The van der Waals surface area contributed by atoms with Crippen molar-refractivity contribution in [2.45, 2.75) is 19.9 Å². The van der Waals surface area contributed by atoms with E-state index in [0.717, 1.165) is 37.6 Å². The highest BCUT2D eigenvalue weighted by molar-refractivity contribution is 7.10. The molecule has 1 amide bonds. The number of piperazine rings is 1. The molecule has 0 radical (unpaired) electrons. The number of hydrogen-bond acceptors (Lipinski definition) is 3. The smallest absolute Gasteiger partial charge is 0.227 e. The van der Waals surface area contributed by atoms with Gasteiger partial charge in [-0.15, -0.1) is 11.3 Å². The van der Waals surface area contributed by atoms with E-state index in [-0.39, 0.29) is 5.91 Å². The van der Waals surface area contributed by atoms with Gasteiger partial charge in [-0.05, 0) is 23.9 Å². The van der Waals surface area contributed by atoms with Gasteiger partial charge in [0.15, 0.2) is 0 Å². The molecule has 3 rings (SSSR count). The fourth-order valence-electron chi connectivity index (χ4n) is 2.90. The van der Waals surface area contributed by atoms with Crippen LogP contribution in [0, 0.1) is 6.92 Å². The SMILES string of the molecule is Cc1cccc(CN2CCN(C(=O)Cc3cccs3)CC2)c1. The van der Waals surface area contributed by atoms with Crippen LogP contribution in [-0.4, -0.2) is 41.9 Å². The fourth-order valence-corrected chi connectivity index (χ4v) is 3.59. The highest BCUT2D eigenvalue weighted by Gasteiger charge is 2.21. The second kappa shape index (κ2) is 7.07. The largest absolute Gasteiger partial charge is 0.340 e. The number of thiophene rings is 1. The van der Waals surface area contributed by atoms with Crippen LogP contribution in [-0.2, 0) is 17.8 Å². The van der Waals surface area contributed by atoms with Gasteiger partial charge < -0.3 is 4.90 Å². The molecule has 0 unspecified atom stereocenters. The Hall–Kier alpha value is -1.65. The van der Waals surface area contributed by atoms with Gasteiger partial charge in [0.2, 0.25) is 5.91 Å². The highest BCUT2D eigenvalue weighted by atomic mass is 32.1. The first-order valence-electron chi connectivity index (χ1n) is 7.79. The Bertz CT molecular complexity index is 616. The maximum absolute atomic E-state index is 12.3. The lowest BCUT2D eigenvalue weighted by molar-refractivity contribution is -0.132. The van der Waals surface area contributed by atoms with E-state index in [9.17, 15) is 4.79 Å². The van der Waals surface area contributed by atoms with Crippen LogP contribution in [0.25, 0.3) is 0 Å². The Morgan fingerprint density at radius 3 is 2.64 bits per heavy atom. The molecule has 0 aliphatic carbocycles. The molecule has 1 aliphatic heterocycles. The average molecular weight is 314 g/mol. The van der Waals surface area contributed by atoms with Crippen molar-refractivity contribution >= 4 is 17.2 Å². The Labute approximate surface area is 136 Å². The van der Waals surface area contributed by atoms with Crippen LogP contribution in [0.15, 0.2) is 41.8 Å². The maximum Gasteiger partial charge on any atom is 0.227 e. The summed E-state index contributed by atoms with van der Waals surface area (Å²) < 4.78 is 0. The molecular weight excluding hydrogens is 292 g/mol. The summed E-state index contributed by atoms with van der Waals surface area (Å²) in [4.78, 5) is 17.9.